The quantitative estimate of drug-likeness (QED) is 0.756. The SMILES string of the molecule is c1cc2c(cc1CNCc1cc(-c3ccc4c(c3)OCO4)no1)OCO2. The largest absolute Gasteiger partial charge is 0.454 e. The summed E-state index contributed by atoms with van der Waals surface area (Å²) in [5.41, 5.74) is 2.81. The van der Waals surface area contributed by atoms with Gasteiger partial charge in [0, 0.05) is 18.2 Å². The second kappa shape index (κ2) is 6.27. The lowest BCUT2D eigenvalue weighted by atomic mass is 10.1. The van der Waals surface area contributed by atoms with Crippen LogP contribution in [0.25, 0.3) is 11.3 Å². The topological polar surface area (TPSA) is 75.0 Å². The van der Waals surface area contributed by atoms with Gasteiger partial charge in [-0.1, -0.05) is 11.2 Å². The molecule has 0 amide bonds. The van der Waals surface area contributed by atoms with Crippen LogP contribution in [0.15, 0.2) is 47.0 Å². The van der Waals surface area contributed by atoms with E-state index < -0.39 is 0 Å². The van der Waals surface area contributed by atoms with Gasteiger partial charge in [0.1, 0.15) is 5.69 Å². The lowest BCUT2D eigenvalue weighted by Crippen LogP contribution is -2.12. The number of aromatic nitrogens is 1. The maximum absolute atomic E-state index is 5.42. The molecule has 0 aliphatic carbocycles. The van der Waals surface area contributed by atoms with Gasteiger partial charge in [0.15, 0.2) is 28.8 Å². The molecule has 132 valence electrons. The summed E-state index contributed by atoms with van der Waals surface area (Å²) in [6, 6.07) is 13.6. The van der Waals surface area contributed by atoms with Gasteiger partial charge in [-0.15, -0.1) is 0 Å². The molecule has 0 fully saturated rings. The van der Waals surface area contributed by atoms with Crippen LogP contribution in [-0.2, 0) is 13.1 Å². The molecule has 2 aromatic carbocycles. The second-order valence-electron chi connectivity index (χ2n) is 6.04. The van der Waals surface area contributed by atoms with Crippen LogP contribution < -0.4 is 24.3 Å². The first-order chi connectivity index (χ1) is 12.8. The number of ether oxygens (including phenoxy) is 4. The molecule has 0 saturated carbocycles. The maximum Gasteiger partial charge on any atom is 0.231 e. The molecule has 3 heterocycles. The number of fused-ring (bicyclic) bond motifs is 2. The van der Waals surface area contributed by atoms with Crippen molar-refractivity contribution in [2.24, 2.45) is 0 Å². The van der Waals surface area contributed by atoms with Crippen LogP contribution >= 0.6 is 0 Å². The van der Waals surface area contributed by atoms with E-state index >= 15 is 0 Å². The van der Waals surface area contributed by atoms with E-state index in [1.54, 1.807) is 0 Å². The number of rotatable bonds is 5. The van der Waals surface area contributed by atoms with Crippen LogP contribution in [0, 0.1) is 0 Å². The Kier molecular flexibility index (Phi) is 3.64. The monoisotopic (exact) mass is 352 g/mol. The Morgan fingerprint density at radius 2 is 1.50 bits per heavy atom. The van der Waals surface area contributed by atoms with E-state index in [1.165, 1.54) is 0 Å². The van der Waals surface area contributed by atoms with Crippen LogP contribution in [0.1, 0.15) is 11.3 Å². The molecule has 0 atom stereocenters. The minimum atomic E-state index is 0.257. The van der Waals surface area contributed by atoms with Gasteiger partial charge in [-0.25, -0.2) is 0 Å². The zero-order valence-electron chi connectivity index (χ0n) is 13.9. The van der Waals surface area contributed by atoms with E-state index in [-0.39, 0.29) is 13.6 Å². The van der Waals surface area contributed by atoms with Gasteiger partial charge in [-0.05, 0) is 35.9 Å². The van der Waals surface area contributed by atoms with Gasteiger partial charge in [0.2, 0.25) is 13.6 Å². The van der Waals surface area contributed by atoms with Crippen LogP contribution in [0.5, 0.6) is 23.0 Å². The van der Waals surface area contributed by atoms with Crippen molar-refractivity contribution >= 4 is 0 Å². The predicted octanol–water partition coefficient (Wildman–Crippen LogP) is 3.09. The van der Waals surface area contributed by atoms with Crippen molar-refractivity contribution in [3.05, 3.63) is 53.8 Å². The Morgan fingerprint density at radius 3 is 2.35 bits per heavy atom. The summed E-state index contributed by atoms with van der Waals surface area (Å²) in [4.78, 5) is 0. The van der Waals surface area contributed by atoms with Gasteiger partial charge < -0.3 is 28.8 Å². The fraction of sp³-hybridized carbons (Fsp3) is 0.211. The summed E-state index contributed by atoms with van der Waals surface area (Å²) < 4.78 is 26.9. The third-order valence-electron chi connectivity index (χ3n) is 4.29. The third kappa shape index (κ3) is 2.82. The van der Waals surface area contributed by atoms with Crippen LogP contribution in [0.4, 0.5) is 0 Å². The van der Waals surface area contributed by atoms with Gasteiger partial charge in [0.25, 0.3) is 0 Å². The highest BCUT2D eigenvalue weighted by Gasteiger charge is 2.16. The average molecular weight is 352 g/mol. The summed E-state index contributed by atoms with van der Waals surface area (Å²) in [7, 11) is 0. The lowest BCUT2D eigenvalue weighted by molar-refractivity contribution is 0.173. The number of hydrogen-bond acceptors (Lipinski definition) is 7. The lowest BCUT2D eigenvalue weighted by Gasteiger charge is -2.04. The molecule has 3 aromatic rings. The van der Waals surface area contributed by atoms with E-state index in [9.17, 15) is 0 Å². The molecule has 0 radical (unpaired) electrons. The highest BCUT2D eigenvalue weighted by molar-refractivity contribution is 5.64. The van der Waals surface area contributed by atoms with Crippen molar-refractivity contribution in [3.8, 4) is 34.3 Å². The maximum atomic E-state index is 5.42. The highest BCUT2D eigenvalue weighted by atomic mass is 16.7. The first kappa shape index (κ1) is 15.1. The number of nitrogens with zero attached hydrogens (tertiary/aromatic N) is 1. The average Bonchev–Trinajstić information content (AvgIpc) is 3.40. The number of benzene rings is 2. The van der Waals surface area contributed by atoms with E-state index in [4.69, 9.17) is 23.5 Å². The Hall–Kier alpha value is -3.19. The molecule has 0 spiro atoms. The van der Waals surface area contributed by atoms with Crippen LogP contribution in [-0.4, -0.2) is 18.7 Å². The van der Waals surface area contributed by atoms with Crippen molar-refractivity contribution in [3.63, 3.8) is 0 Å². The molecule has 1 aromatic heterocycles. The fourth-order valence-corrected chi connectivity index (χ4v) is 2.97. The predicted molar refractivity (Wildman–Crippen MR) is 91.2 cm³/mol. The smallest absolute Gasteiger partial charge is 0.231 e. The standard InChI is InChI=1S/C19H16N2O5/c1-3-16-18(24-10-22-16)5-12(1)8-20-9-14-7-15(21-26-14)13-2-4-17-19(6-13)25-11-23-17/h1-7,20H,8-11H2. The molecular weight excluding hydrogens is 336 g/mol. The third-order valence-corrected chi connectivity index (χ3v) is 4.29. The number of nitrogens with one attached hydrogen (secondary N) is 1. The summed E-state index contributed by atoms with van der Waals surface area (Å²) in [5, 5.41) is 7.48. The van der Waals surface area contributed by atoms with E-state index in [0.29, 0.717) is 13.1 Å². The molecule has 7 heteroatoms. The molecule has 5 rings (SSSR count). The van der Waals surface area contributed by atoms with Gasteiger partial charge in [0.05, 0.1) is 6.54 Å². The Labute approximate surface area is 149 Å². The first-order valence-electron chi connectivity index (χ1n) is 8.30. The zero-order chi connectivity index (χ0) is 17.3. The highest BCUT2D eigenvalue weighted by Crippen LogP contribution is 2.35. The first-order valence-corrected chi connectivity index (χ1v) is 8.30. The molecule has 7 nitrogen and oxygen atoms in total. The number of hydrogen-bond donors (Lipinski definition) is 1. The Bertz CT molecular complexity index is 953. The molecule has 0 unspecified atom stereocenters. The minimum absolute atomic E-state index is 0.257. The van der Waals surface area contributed by atoms with Gasteiger partial charge in [-0.3, -0.25) is 0 Å². The molecule has 1 N–H and O–H groups in total. The summed E-state index contributed by atoms with van der Waals surface area (Å²) in [6.45, 7) is 1.81. The molecule has 0 bridgehead atoms. The fourth-order valence-electron chi connectivity index (χ4n) is 2.97. The van der Waals surface area contributed by atoms with Crippen LogP contribution in [0.3, 0.4) is 0 Å². The second-order valence-corrected chi connectivity index (χ2v) is 6.04. The van der Waals surface area contributed by atoms with Crippen molar-refractivity contribution in [1.29, 1.82) is 0 Å². The van der Waals surface area contributed by atoms with Crippen molar-refractivity contribution in [2.75, 3.05) is 13.6 Å². The van der Waals surface area contributed by atoms with E-state index in [1.807, 2.05) is 42.5 Å². The minimum Gasteiger partial charge on any atom is -0.454 e. The summed E-state index contributed by atoms with van der Waals surface area (Å²) in [5.74, 6) is 3.82. The summed E-state index contributed by atoms with van der Waals surface area (Å²) >= 11 is 0. The molecule has 2 aliphatic heterocycles. The molecular formula is C19H16N2O5. The molecule has 26 heavy (non-hydrogen) atoms. The van der Waals surface area contributed by atoms with Crippen molar-refractivity contribution < 1.29 is 23.5 Å². The molecule has 2 aliphatic rings. The normalized spacial score (nSPS) is 14.0. The van der Waals surface area contributed by atoms with E-state index in [0.717, 1.165) is 45.6 Å². The summed E-state index contributed by atoms with van der Waals surface area (Å²) in [6.07, 6.45) is 0. The Balaban J connectivity index is 1.22. The van der Waals surface area contributed by atoms with Crippen LogP contribution in [0.2, 0.25) is 0 Å². The van der Waals surface area contributed by atoms with E-state index in [2.05, 4.69) is 10.5 Å². The van der Waals surface area contributed by atoms with Crippen molar-refractivity contribution in [2.45, 2.75) is 13.1 Å². The van der Waals surface area contributed by atoms with Crippen molar-refractivity contribution in [1.82, 2.24) is 10.5 Å². The zero-order valence-corrected chi connectivity index (χ0v) is 13.9. The Morgan fingerprint density at radius 1 is 0.769 bits per heavy atom. The van der Waals surface area contributed by atoms with Gasteiger partial charge >= 0.3 is 0 Å². The molecule has 0 saturated heterocycles. The van der Waals surface area contributed by atoms with Gasteiger partial charge in [-0.2, -0.15) is 0 Å².